The molecule has 1 aliphatic heterocycles. The highest BCUT2D eigenvalue weighted by molar-refractivity contribution is 9.10. The van der Waals surface area contributed by atoms with Crippen molar-refractivity contribution < 1.29 is 4.79 Å². The van der Waals surface area contributed by atoms with E-state index in [0.29, 0.717) is 12.3 Å². The van der Waals surface area contributed by atoms with E-state index in [2.05, 4.69) is 33.4 Å². The molecule has 0 bridgehead atoms. The van der Waals surface area contributed by atoms with Crippen LogP contribution in [0.4, 0.5) is 0 Å². The third-order valence-corrected chi connectivity index (χ3v) is 3.77. The van der Waals surface area contributed by atoms with Crippen LogP contribution in [-0.4, -0.2) is 37.0 Å². The minimum Gasteiger partial charge on any atom is -0.340 e. The molecule has 0 atom stereocenters. The standard InChI is InChI=1S/C14H19BrN2O/c15-13-6-4-12(5-7-13)2-1-3-14(18)17-10-8-16-9-11-17/h4-7,16H,1-3,8-11H2. The van der Waals surface area contributed by atoms with Gasteiger partial charge in [0.25, 0.3) is 0 Å². The molecule has 1 N–H and O–H groups in total. The second kappa shape index (κ2) is 6.90. The van der Waals surface area contributed by atoms with Gasteiger partial charge in [0.15, 0.2) is 0 Å². The molecule has 18 heavy (non-hydrogen) atoms. The average Bonchev–Trinajstić information content (AvgIpc) is 2.42. The minimum absolute atomic E-state index is 0.300. The summed E-state index contributed by atoms with van der Waals surface area (Å²) < 4.78 is 1.10. The van der Waals surface area contributed by atoms with Crippen LogP contribution in [0.1, 0.15) is 18.4 Å². The lowest BCUT2D eigenvalue weighted by Crippen LogP contribution is -2.46. The first-order chi connectivity index (χ1) is 8.75. The van der Waals surface area contributed by atoms with E-state index in [1.54, 1.807) is 0 Å². The van der Waals surface area contributed by atoms with Crippen molar-refractivity contribution in [1.82, 2.24) is 10.2 Å². The van der Waals surface area contributed by atoms with E-state index in [4.69, 9.17) is 0 Å². The molecule has 1 fully saturated rings. The highest BCUT2D eigenvalue weighted by Gasteiger charge is 2.15. The molecule has 3 nitrogen and oxygen atoms in total. The number of nitrogens with one attached hydrogen (secondary N) is 1. The molecule has 0 spiro atoms. The number of hydrogen-bond acceptors (Lipinski definition) is 2. The molecule has 0 aromatic heterocycles. The van der Waals surface area contributed by atoms with E-state index < -0.39 is 0 Å². The molecule has 1 aliphatic rings. The second-order valence-electron chi connectivity index (χ2n) is 4.61. The highest BCUT2D eigenvalue weighted by atomic mass is 79.9. The van der Waals surface area contributed by atoms with Crippen LogP contribution in [-0.2, 0) is 11.2 Å². The lowest BCUT2D eigenvalue weighted by atomic mass is 10.1. The number of aryl methyl sites for hydroxylation is 1. The van der Waals surface area contributed by atoms with Crippen LogP contribution in [0.3, 0.4) is 0 Å². The minimum atomic E-state index is 0.300. The second-order valence-corrected chi connectivity index (χ2v) is 5.53. The normalized spacial score (nSPS) is 15.7. The zero-order valence-corrected chi connectivity index (χ0v) is 12.1. The van der Waals surface area contributed by atoms with Gasteiger partial charge in [-0.2, -0.15) is 0 Å². The van der Waals surface area contributed by atoms with E-state index in [-0.39, 0.29) is 0 Å². The summed E-state index contributed by atoms with van der Waals surface area (Å²) in [5.41, 5.74) is 1.30. The molecule has 0 aliphatic carbocycles. The predicted molar refractivity (Wildman–Crippen MR) is 76.5 cm³/mol. The Morgan fingerprint density at radius 2 is 1.89 bits per heavy atom. The molecule has 0 saturated carbocycles. The summed E-state index contributed by atoms with van der Waals surface area (Å²) in [7, 11) is 0. The number of hydrogen-bond donors (Lipinski definition) is 1. The Hall–Kier alpha value is -0.870. The van der Waals surface area contributed by atoms with Crippen molar-refractivity contribution in [2.45, 2.75) is 19.3 Å². The Bertz CT molecular complexity index is 385. The molecular formula is C14H19BrN2O. The van der Waals surface area contributed by atoms with Gasteiger partial charge in [-0.1, -0.05) is 28.1 Å². The van der Waals surface area contributed by atoms with Crippen molar-refractivity contribution in [3.05, 3.63) is 34.3 Å². The Morgan fingerprint density at radius 3 is 2.56 bits per heavy atom. The number of nitrogens with zero attached hydrogens (tertiary/aromatic N) is 1. The predicted octanol–water partition coefficient (Wildman–Crippen LogP) is 2.20. The van der Waals surface area contributed by atoms with Gasteiger partial charge in [-0.15, -0.1) is 0 Å². The molecular weight excluding hydrogens is 292 g/mol. The van der Waals surface area contributed by atoms with Crippen LogP contribution in [0.15, 0.2) is 28.7 Å². The first-order valence-electron chi connectivity index (χ1n) is 6.48. The maximum Gasteiger partial charge on any atom is 0.222 e. The van der Waals surface area contributed by atoms with Gasteiger partial charge in [-0.05, 0) is 30.5 Å². The number of amides is 1. The van der Waals surface area contributed by atoms with Crippen molar-refractivity contribution in [3.63, 3.8) is 0 Å². The van der Waals surface area contributed by atoms with Crippen LogP contribution >= 0.6 is 15.9 Å². The van der Waals surface area contributed by atoms with Crippen molar-refractivity contribution >= 4 is 21.8 Å². The quantitative estimate of drug-likeness (QED) is 0.924. The highest BCUT2D eigenvalue weighted by Crippen LogP contribution is 2.12. The summed E-state index contributed by atoms with van der Waals surface area (Å²) in [6.45, 7) is 3.57. The summed E-state index contributed by atoms with van der Waals surface area (Å²) in [5.74, 6) is 0.300. The Balaban J connectivity index is 1.71. The van der Waals surface area contributed by atoms with E-state index in [1.807, 2.05) is 17.0 Å². The average molecular weight is 311 g/mol. The topological polar surface area (TPSA) is 32.3 Å². The Morgan fingerprint density at radius 1 is 1.22 bits per heavy atom. The van der Waals surface area contributed by atoms with Gasteiger partial charge in [0.1, 0.15) is 0 Å². The SMILES string of the molecule is O=C(CCCc1ccc(Br)cc1)N1CCNCC1. The fourth-order valence-corrected chi connectivity index (χ4v) is 2.43. The fourth-order valence-electron chi connectivity index (χ4n) is 2.17. The van der Waals surface area contributed by atoms with Gasteiger partial charge in [0, 0.05) is 37.1 Å². The summed E-state index contributed by atoms with van der Waals surface area (Å²) in [6.07, 6.45) is 2.57. The fraction of sp³-hybridized carbons (Fsp3) is 0.500. The zero-order chi connectivity index (χ0) is 12.8. The Labute approximate surface area is 117 Å². The largest absolute Gasteiger partial charge is 0.340 e. The van der Waals surface area contributed by atoms with Crippen LogP contribution in [0.25, 0.3) is 0 Å². The molecule has 4 heteroatoms. The number of carbonyl (C=O) groups excluding carboxylic acids is 1. The maximum absolute atomic E-state index is 11.9. The van der Waals surface area contributed by atoms with Crippen molar-refractivity contribution in [2.75, 3.05) is 26.2 Å². The Kier molecular flexibility index (Phi) is 5.20. The summed E-state index contributed by atoms with van der Waals surface area (Å²) in [4.78, 5) is 13.9. The smallest absolute Gasteiger partial charge is 0.222 e. The van der Waals surface area contributed by atoms with Gasteiger partial charge in [-0.25, -0.2) is 0 Å². The van der Waals surface area contributed by atoms with E-state index >= 15 is 0 Å². The molecule has 1 saturated heterocycles. The van der Waals surface area contributed by atoms with E-state index in [9.17, 15) is 4.79 Å². The van der Waals surface area contributed by atoms with Crippen LogP contribution in [0.2, 0.25) is 0 Å². The first-order valence-corrected chi connectivity index (χ1v) is 7.28. The van der Waals surface area contributed by atoms with E-state index in [1.165, 1.54) is 5.56 Å². The lowest BCUT2D eigenvalue weighted by Gasteiger charge is -2.27. The van der Waals surface area contributed by atoms with Gasteiger partial charge >= 0.3 is 0 Å². The molecule has 1 heterocycles. The summed E-state index contributed by atoms with van der Waals surface area (Å²) in [5, 5.41) is 3.26. The van der Waals surface area contributed by atoms with Gasteiger partial charge in [0.05, 0.1) is 0 Å². The van der Waals surface area contributed by atoms with Crippen LogP contribution in [0.5, 0.6) is 0 Å². The van der Waals surface area contributed by atoms with E-state index in [0.717, 1.165) is 43.5 Å². The number of halogens is 1. The molecule has 1 aromatic carbocycles. The van der Waals surface area contributed by atoms with Crippen molar-refractivity contribution in [1.29, 1.82) is 0 Å². The van der Waals surface area contributed by atoms with Crippen molar-refractivity contribution in [3.8, 4) is 0 Å². The monoisotopic (exact) mass is 310 g/mol. The van der Waals surface area contributed by atoms with Crippen molar-refractivity contribution in [2.24, 2.45) is 0 Å². The number of benzene rings is 1. The lowest BCUT2D eigenvalue weighted by molar-refractivity contribution is -0.131. The van der Waals surface area contributed by atoms with Crippen LogP contribution < -0.4 is 5.32 Å². The third-order valence-electron chi connectivity index (χ3n) is 3.24. The van der Waals surface area contributed by atoms with Gasteiger partial charge in [0.2, 0.25) is 5.91 Å². The molecule has 1 amide bonds. The van der Waals surface area contributed by atoms with Gasteiger partial charge in [-0.3, -0.25) is 4.79 Å². The number of rotatable bonds is 4. The third kappa shape index (κ3) is 4.10. The maximum atomic E-state index is 11.9. The molecule has 0 radical (unpaired) electrons. The molecule has 98 valence electrons. The number of carbonyl (C=O) groups is 1. The molecule has 0 unspecified atom stereocenters. The molecule has 2 rings (SSSR count). The summed E-state index contributed by atoms with van der Waals surface area (Å²) in [6, 6.07) is 8.32. The van der Waals surface area contributed by atoms with Crippen LogP contribution in [0, 0.1) is 0 Å². The number of piperazine rings is 1. The summed E-state index contributed by atoms with van der Waals surface area (Å²) >= 11 is 3.42. The zero-order valence-electron chi connectivity index (χ0n) is 10.5. The first kappa shape index (κ1) is 13.6. The van der Waals surface area contributed by atoms with Gasteiger partial charge < -0.3 is 10.2 Å². The molecule has 1 aromatic rings.